The lowest BCUT2D eigenvalue weighted by molar-refractivity contribution is 0.0609. The molecule has 3 heteroatoms. The summed E-state index contributed by atoms with van der Waals surface area (Å²) in [7, 11) is 0. The molecule has 0 radical (unpaired) electrons. The number of hydrogen-bond donors (Lipinski definition) is 1. The maximum atomic E-state index is 12.4. The fraction of sp³-hybridized carbons (Fsp3) is 0.742. The molecule has 0 fully saturated rings. The van der Waals surface area contributed by atoms with Crippen LogP contribution in [0.2, 0.25) is 0 Å². The van der Waals surface area contributed by atoms with Gasteiger partial charge in [-0.25, -0.2) is 8.78 Å². The summed E-state index contributed by atoms with van der Waals surface area (Å²) in [5.41, 5.74) is 5.71. The Morgan fingerprint density at radius 1 is 0.882 bits per heavy atom. The molecule has 0 amide bonds. The maximum Gasteiger partial charge on any atom is 0.266 e. The third kappa shape index (κ3) is 25.4. The van der Waals surface area contributed by atoms with E-state index in [1.165, 1.54) is 23.1 Å². The topological polar surface area (TPSA) is 20.2 Å². The van der Waals surface area contributed by atoms with Gasteiger partial charge in [-0.3, -0.25) is 0 Å². The summed E-state index contributed by atoms with van der Waals surface area (Å²) in [6, 6.07) is 4.06. The molecule has 0 saturated heterocycles. The SMILES string of the molecule is CC.CC.CC(C)C.CC(F)(F)C1=CCCC1.CCC(C)(C)C.Cc1cc(CO)cc(C)c1C. The van der Waals surface area contributed by atoms with E-state index >= 15 is 0 Å². The summed E-state index contributed by atoms with van der Waals surface area (Å²) < 4.78 is 24.7. The van der Waals surface area contributed by atoms with Crippen molar-refractivity contribution in [2.24, 2.45) is 11.3 Å². The van der Waals surface area contributed by atoms with Crippen LogP contribution in [0.1, 0.15) is 131 Å². The highest BCUT2D eigenvalue weighted by molar-refractivity contribution is 5.36. The van der Waals surface area contributed by atoms with Crippen molar-refractivity contribution in [3.05, 3.63) is 46.0 Å². The molecule has 204 valence electrons. The van der Waals surface area contributed by atoms with Gasteiger partial charge in [-0.2, -0.15) is 0 Å². The molecule has 0 aromatic heterocycles. The highest BCUT2D eigenvalue weighted by atomic mass is 19.3. The number of hydrogen-bond acceptors (Lipinski definition) is 1. The summed E-state index contributed by atoms with van der Waals surface area (Å²) in [4.78, 5) is 0. The van der Waals surface area contributed by atoms with Gasteiger partial charge in [0.05, 0.1) is 6.61 Å². The predicted molar refractivity (Wildman–Crippen MR) is 152 cm³/mol. The zero-order valence-corrected chi connectivity index (χ0v) is 25.5. The average molecular weight is 487 g/mol. The maximum absolute atomic E-state index is 12.4. The van der Waals surface area contributed by atoms with E-state index in [0.29, 0.717) is 17.4 Å². The Kier molecular flexibility index (Phi) is 26.2. The van der Waals surface area contributed by atoms with Crippen LogP contribution in [0.15, 0.2) is 23.8 Å². The Labute approximate surface area is 213 Å². The molecule has 1 aliphatic carbocycles. The highest BCUT2D eigenvalue weighted by Crippen LogP contribution is 2.31. The first-order valence-electron chi connectivity index (χ1n) is 13.3. The van der Waals surface area contributed by atoms with Crippen molar-refractivity contribution in [3.8, 4) is 0 Å². The molecule has 0 unspecified atom stereocenters. The van der Waals surface area contributed by atoms with Crippen LogP contribution in [0.3, 0.4) is 0 Å². The van der Waals surface area contributed by atoms with E-state index < -0.39 is 5.92 Å². The Hall–Kier alpha value is -1.22. The standard InChI is InChI=1S/C10H14O.C7H10F2.C6H14.C4H10.2C2H6/c1-7-4-10(6-11)5-8(2)9(7)3;1-7(8,9)6-4-2-3-5-6;1-5-6(2,3)4;1-4(2)3;2*1-2/h4-5,11H,6H2,1-3H3;4H,2-3,5H2,1H3;5H2,1-4H3;4H,1-3H3;2*1-2H3. The first-order chi connectivity index (χ1) is 15.5. The van der Waals surface area contributed by atoms with Crippen molar-refractivity contribution in [1.82, 2.24) is 0 Å². The Morgan fingerprint density at radius 2 is 1.24 bits per heavy atom. The van der Waals surface area contributed by atoms with E-state index in [9.17, 15) is 8.78 Å². The van der Waals surface area contributed by atoms with Gasteiger partial charge in [0, 0.05) is 6.92 Å². The minimum atomic E-state index is -2.56. The lowest BCUT2D eigenvalue weighted by atomic mass is 9.94. The van der Waals surface area contributed by atoms with Crippen molar-refractivity contribution >= 4 is 0 Å². The number of alkyl halides is 2. The fourth-order valence-corrected chi connectivity index (χ4v) is 2.29. The second-order valence-electron chi connectivity index (χ2n) is 10.2. The molecule has 0 aliphatic heterocycles. The monoisotopic (exact) mass is 486 g/mol. The van der Waals surface area contributed by atoms with Gasteiger partial charge in [-0.05, 0) is 79.2 Å². The van der Waals surface area contributed by atoms with Gasteiger partial charge in [0.25, 0.3) is 5.92 Å². The molecule has 34 heavy (non-hydrogen) atoms. The largest absolute Gasteiger partial charge is 0.392 e. The van der Waals surface area contributed by atoms with Crippen LogP contribution < -0.4 is 0 Å². The molecular formula is C31H60F2O. The lowest BCUT2D eigenvalue weighted by Crippen LogP contribution is -2.11. The molecular weight excluding hydrogens is 426 g/mol. The summed E-state index contributed by atoms with van der Waals surface area (Å²) in [6.07, 6.45) is 5.24. The molecule has 0 saturated carbocycles. The van der Waals surface area contributed by atoms with Crippen molar-refractivity contribution in [2.45, 2.75) is 142 Å². The van der Waals surface area contributed by atoms with Crippen LogP contribution in [-0.4, -0.2) is 11.0 Å². The third-order valence-corrected chi connectivity index (χ3v) is 4.83. The minimum absolute atomic E-state index is 0.141. The van der Waals surface area contributed by atoms with Crippen LogP contribution in [-0.2, 0) is 6.61 Å². The van der Waals surface area contributed by atoms with Crippen molar-refractivity contribution < 1.29 is 13.9 Å². The molecule has 1 nitrogen and oxygen atoms in total. The van der Waals surface area contributed by atoms with Crippen LogP contribution in [0.25, 0.3) is 0 Å². The number of rotatable bonds is 2. The number of aryl methyl sites for hydroxylation is 2. The zero-order chi connectivity index (χ0) is 28.1. The van der Waals surface area contributed by atoms with Crippen molar-refractivity contribution in [3.63, 3.8) is 0 Å². The van der Waals surface area contributed by atoms with E-state index in [2.05, 4.69) is 69.2 Å². The number of halogens is 2. The molecule has 0 bridgehead atoms. The average Bonchev–Trinajstić information content (AvgIpc) is 3.30. The van der Waals surface area contributed by atoms with E-state index in [0.717, 1.165) is 31.2 Å². The van der Waals surface area contributed by atoms with Gasteiger partial charge in [-0.15, -0.1) is 0 Å². The second kappa shape index (κ2) is 22.3. The Balaban J connectivity index is -0.000000177. The molecule has 0 atom stereocenters. The van der Waals surface area contributed by atoms with Gasteiger partial charge in [0.1, 0.15) is 0 Å². The minimum Gasteiger partial charge on any atom is -0.392 e. The zero-order valence-electron chi connectivity index (χ0n) is 25.5. The molecule has 1 N–H and O–H groups in total. The summed E-state index contributed by atoms with van der Waals surface area (Å²) in [5, 5.41) is 8.88. The molecule has 1 aliphatic rings. The number of aliphatic hydroxyl groups is 1. The number of aliphatic hydroxyl groups excluding tert-OH is 1. The van der Waals surface area contributed by atoms with E-state index in [4.69, 9.17) is 5.11 Å². The normalized spacial score (nSPS) is 12.1. The number of allylic oxidation sites excluding steroid dienone is 2. The smallest absolute Gasteiger partial charge is 0.266 e. The predicted octanol–water partition coefficient (Wildman–Crippen LogP) is 11.0. The van der Waals surface area contributed by atoms with Gasteiger partial charge < -0.3 is 5.11 Å². The van der Waals surface area contributed by atoms with Crippen molar-refractivity contribution in [2.75, 3.05) is 0 Å². The van der Waals surface area contributed by atoms with E-state index in [-0.39, 0.29) is 6.61 Å². The second-order valence-corrected chi connectivity index (χ2v) is 10.2. The summed E-state index contributed by atoms with van der Waals surface area (Å²) in [5.74, 6) is -1.73. The molecule has 1 aromatic carbocycles. The first-order valence-corrected chi connectivity index (χ1v) is 13.3. The third-order valence-electron chi connectivity index (χ3n) is 4.83. The Bertz CT molecular complexity index is 592. The molecule has 0 heterocycles. The molecule has 2 rings (SSSR count). The lowest BCUT2D eigenvalue weighted by Gasteiger charge is -2.12. The van der Waals surface area contributed by atoms with Crippen LogP contribution in [0, 0.1) is 32.1 Å². The number of benzene rings is 1. The van der Waals surface area contributed by atoms with Gasteiger partial charge in [0.2, 0.25) is 0 Å². The van der Waals surface area contributed by atoms with E-state index in [1.54, 1.807) is 6.08 Å². The van der Waals surface area contributed by atoms with Gasteiger partial charge in [0.15, 0.2) is 0 Å². The first kappa shape index (κ1) is 40.0. The van der Waals surface area contributed by atoms with E-state index in [1.807, 2.05) is 39.8 Å². The quantitative estimate of drug-likeness (QED) is 0.412. The van der Waals surface area contributed by atoms with Crippen LogP contribution in [0.4, 0.5) is 8.78 Å². The van der Waals surface area contributed by atoms with Crippen molar-refractivity contribution in [1.29, 1.82) is 0 Å². The summed E-state index contributed by atoms with van der Waals surface area (Å²) >= 11 is 0. The van der Waals surface area contributed by atoms with Crippen LogP contribution >= 0.6 is 0 Å². The van der Waals surface area contributed by atoms with Gasteiger partial charge >= 0.3 is 0 Å². The van der Waals surface area contributed by atoms with Crippen LogP contribution in [0.5, 0.6) is 0 Å². The molecule has 0 spiro atoms. The highest BCUT2D eigenvalue weighted by Gasteiger charge is 2.28. The molecule has 1 aromatic rings. The fourth-order valence-electron chi connectivity index (χ4n) is 2.29. The summed E-state index contributed by atoms with van der Waals surface area (Å²) in [6.45, 7) is 30.8. The van der Waals surface area contributed by atoms with Gasteiger partial charge in [-0.1, -0.05) is 101 Å². The Morgan fingerprint density at radius 3 is 1.41 bits per heavy atom.